The van der Waals surface area contributed by atoms with Crippen LogP contribution in [0.1, 0.15) is 13.8 Å². The molecule has 0 rings (SSSR count). The Morgan fingerprint density at radius 3 is 2.20 bits per heavy atom. The van der Waals surface area contributed by atoms with Crippen LogP contribution in [0.15, 0.2) is 0 Å². The van der Waals surface area contributed by atoms with Crippen molar-refractivity contribution in [3.8, 4) is 0 Å². The van der Waals surface area contributed by atoms with Crippen molar-refractivity contribution in [2.45, 2.75) is 19.5 Å². The molecule has 0 radical (unpaired) electrons. The maximum Gasteiger partial charge on any atom is 0.318 e. The molecule has 2 atom stereocenters. The van der Waals surface area contributed by atoms with Crippen LogP contribution < -0.4 is 0 Å². The Morgan fingerprint density at radius 1 is 1.60 bits per heavy atom. The maximum absolute atomic E-state index is 10.6. The molecule has 3 nitrogen and oxygen atoms in total. The molecule has 0 bridgehead atoms. The summed E-state index contributed by atoms with van der Waals surface area (Å²) >= 11 is 0. The van der Waals surface area contributed by atoms with E-state index in [-0.39, 0.29) is 14.4 Å². The molecule has 0 aromatic carbocycles. The van der Waals surface area contributed by atoms with Crippen LogP contribution in [0.2, 0.25) is 0 Å². The summed E-state index contributed by atoms with van der Waals surface area (Å²) in [5.41, 5.74) is -0.759. The van der Waals surface area contributed by atoms with E-state index in [1.165, 1.54) is 6.92 Å². The highest BCUT2D eigenvalue weighted by Gasteiger charge is 2.20. The lowest BCUT2D eigenvalue weighted by atomic mass is 10.3. The predicted octanol–water partition coefficient (Wildman–Crippen LogP) is 0.727. The number of Topliss-reactive ketones (excluding diaryl/α,β-unsaturated/α-hetero) is 1. The van der Waals surface area contributed by atoms with E-state index >= 15 is 0 Å². The first-order chi connectivity index (χ1) is 4.59. The average molecular weight is 162 g/mol. The van der Waals surface area contributed by atoms with Crippen LogP contribution in [-0.2, 0) is 9.59 Å². The van der Waals surface area contributed by atoms with E-state index in [0.717, 1.165) is 6.16 Å². The molecule has 2 unspecified atom stereocenters. The third-order valence-electron chi connectivity index (χ3n) is 1.06. The molecule has 1 N–H and O–H groups in total. The molecule has 0 aromatic heterocycles. The minimum Gasteiger partial charge on any atom is -0.480 e. The quantitative estimate of drug-likeness (QED) is 0.489. The van der Waals surface area contributed by atoms with Crippen LogP contribution >= 0.6 is 8.58 Å². The first kappa shape index (κ1) is 9.57. The van der Waals surface area contributed by atoms with Gasteiger partial charge in [-0.2, -0.15) is 0 Å². The van der Waals surface area contributed by atoms with Gasteiger partial charge in [-0.3, -0.25) is 9.59 Å². The van der Waals surface area contributed by atoms with Crippen LogP contribution in [-0.4, -0.2) is 28.7 Å². The molecule has 0 aliphatic heterocycles. The smallest absolute Gasteiger partial charge is 0.318 e. The highest BCUT2D eigenvalue weighted by atomic mass is 31.1. The number of hydrogen-bond acceptors (Lipinski definition) is 2. The highest BCUT2D eigenvalue weighted by molar-refractivity contribution is 7.41. The van der Waals surface area contributed by atoms with Crippen molar-refractivity contribution in [2.24, 2.45) is 0 Å². The number of carbonyl (C=O) groups excluding carboxylic acids is 1. The van der Waals surface area contributed by atoms with Gasteiger partial charge in [-0.05, 0) is 13.1 Å². The summed E-state index contributed by atoms with van der Waals surface area (Å²) in [6, 6.07) is 0. The summed E-state index contributed by atoms with van der Waals surface area (Å²) in [6.07, 6.45) is 0.760. The Kier molecular flexibility index (Phi) is 4.21. The average Bonchev–Trinajstić information content (AvgIpc) is 1.81. The zero-order chi connectivity index (χ0) is 8.15. The van der Waals surface area contributed by atoms with Gasteiger partial charge in [0.1, 0.15) is 11.4 Å². The molecule has 0 aliphatic rings. The Balaban J connectivity index is 3.98. The zero-order valence-electron chi connectivity index (χ0n) is 6.05. The summed E-state index contributed by atoms with van der Waals surface area (Å²) in [5.74, 6) is -1.24. The lowest BCUT2D eigenvalue weighted by Gasteiger charge is -2.04. The van der Waals surface area contributed by atoms with Crippen molar-refractivity contribution in [1.29, 1.82) is 0 Å². The van der Waals surface area contributed by atoms with E-state index in [9.17, 15) is 9.59 Å². The van der Waals surface area contributed by atoms with Crippen LogP contribution in [0.3, 0.4) is 0 Å². The number of aliphatic carboxylic acids is 1. The molecule has 0 saturated heterocycles. The summed E-state index contributed by atoms with van der Waals surface area (Å²) in [5, 5.41) is 8.46. The van der Waals surface area contributed by atoms with Gasteiger partial charge in [0.2, 0.25) is 0 Å². The Hall–Kier alpha value is -0.430. The molecule has 4 heteroatoms. The zero-order valence-corrected chi connectivity index (χ0v) is 7.05. The lowest BCUT2D eigenvalue weighted by molar-refractivity contribution is -0.139. The van der Waals surface area contributed by atoms with Gasteiger partial charge in [0.05, 0.1) is 0 Å². The number of carbonyl (C=O) groups is 2. The molecule has 0 aromatic rings. The second-order valence-electron chi connectivity index (χ2n) is 1.94. The van der Waals surface area contributed by atoms with E-state index in [0.29, 0.717) is 0 Å². The largest absolute Gasteiger partial charge is 0.480 e. The fourth-order valence-corrected chi connectivity index (χ4v) is 1.48. The standard InChI is InChI=1S/C6H11O3P/c1-3-10-5(4(2)7)6(8)9/h5,10H,3H2,1-2H3,(H,8,9). The second-order valence-corrected chi connectivity index (χ2v) is 3.63. The van der Waals surface area contributed by atoms with E-state index in [1.54, 1.807) is 0 Å². The molecule has 0 spiro atoms. The maximum atomic E-state index is 10.6. The highest BCUT2D eigenvalue weighted by Crippen LogP contribution is 2.18. The van der Waals surface area contributed by atoms with Gasteiger partial charge in [-0.25, -0.2) is 0 Å². The van der Waals surface area contributed by atoms with Gasteiger partial charge in [-0.1, -0.05) is 15.5 Å². The summed E-state index contributed by atoms with van der Waals surface area (Å²) < 4.78 is 0. The second kappa shape index (κ2) is 4.40. The van der Waals surface area contributed by atoms with Gasteiger partial charge < -0.3 is 5.11 Å². The van der Waals surface area contributed by atoms with E-state index in [1.807, 2.05) is 6.92 Å². The number of carboxylic acids is 1. The third kappa shape index (κ3) is 2.92. The van der Waals surface area contributed by atoms with Gasteiger partial charge in [-0.15, -0.1) is 0 Å². The molecule has 0 fully saturated rings. The van der Waals surface area contributed by atoms with Crippen LogP contribution in [0.5, 0.6) is 0 Å². The van der Waals surface area contributed by atoms with Crippen LogP contribution in [0.25, 0.3) is 0 Å². The van der Waals surface area contributed by atoms with E-state index in [4.69, 9.17) is 5.11 Å². The number of rotatable bonds is 4. The molecular formula is C6H11O3P. The van der Waals surface area contributed by atoms with E-state index in [2.05, 4.69) is 0 Å². The van der Waals surface area contributed by atoms with Gasteiger partial charge >= 0.3 is 5.97 Å². The normalized spacial score (nSPS) is 13.8. The SMILES string of the molecule is CCPC(C(C)=O)C(=O)O. The fraction of sp³-hybridized carbons (Fsp3) is 0.667. The van der Waals surface area contributed by atoms with Gasteiger partial charge in [0, 0.05) is 0 Å². The van der Waals surface area contributed by atoms with E-state index < -0.39 is 11.6 Å². The van der Waals surface area contributed by atoms with Crippen LogP contribution in [0.4, 0.5) is 0 Å². The molecule has 0 aliphatic carbocycles. The molecule has 0 saturated carbocycles. The van der Waals surface area contributed by atoms with Crippen molar-refractivity contribution >= 4 is 20.3 Å². The fourth-order valence-electron chi connectivity index (χ4n) is 0.609. The molecular weight excluding hydrogens is 151 g/mol. The Labute approximate surface area is 61.6 Å². The number of ketones is 1. The first-order valence-electron chi connectivity index (χ1n) is 3.06. The van der Waals surface area contributed by atoms with Gasteiger partial charge in [0.25, 0.3) is 0 Å². The van der Waals surface area contributed by atoms with Crippen molar-refractivity contribution in [2.75, 3.05) is 6.16 Å². The number of hydrogen-bond donors (Lipinski definition) is 1. The molecule has 58 valence electrons. The summed E-state index contributed by atoms with van der Waals surface area (Å²) in [6.45, 7) is 3.19. The first-order valence-corrected chi connectivity index (χ1v) is 4.34. The van der Waals surface area contributed by atoms with Crippen molar-refractivity contribution in [3.63, 3.8) is 0 Å². The van der Waals surface area contributed by atoms with Crippen LogP contribution in [0, 0.1) is 0 Å². The Morgan fingerprint density at radius 2 is 2.10 bits per heavy atom. The van der Waals surface area contributed by atoms with Crippen molar-refractivity contribution in [1.82, 2.24) is 0 Å². The molecule has 10 heavy (non-hydrogen) atoms. The summed E-state index contributed by atoms with van der Waals surface area (Å²) in [4.78, 5) is 20.9. The Bertz CT molecular complexity index is 130. The van der Waals surface area contributed by atoms with Gasteiger partial charge in [0.15, 0.2) is 0 Å². The lowest BCUT2D eigenvalue weighted by Crippen LogP contribution is -2.23. The predicted molar refractivity (Wildman–Crippen MR) is 41.0 cm³/mol. The molecule has 0 heterocycles. The summed E-state index contributed by atoms with van der Waals surface area (Å²) in [7, 11) is 0.218. The van der Waals surface area contributed by atoms with Crippen molar-refractivity contribution < 1.29 is 14.7 Å². The topological polar surface area (TPSA) is 54.4 Å². The van der Waals surface area contributed by atoms with Crippen molar-refractivity contribution in [3.05, 3.63) is 0 Å². The third-order valence-corrected chi connectivity index (χ3v) is 2.53. The minimum atomic E-state index is -0.993. The molecule has 0 amide bonds. The minimum absolute atomic E-state index is 0.218. The number of carboxylic acid groups (broad SMARTS) is 1. The monoisotopic (exact) mass is 162 g/mol.